The second kappa shape index (κ2) is 5.87. The maximum absolute atomic E-state index is 12.5. The summed E-state index contributed by atoms with van der Waals surface area (Å²) in [4.78, 5) is 11.7. The normalized spacial score (nSPS) is 20.9. The van der Waals surface area contributed by atoms with Crippen molar-refractivity contribution in [3.8, 4) is 5.75 Å². The summed E-state index contributed by atoms with van der Waals surface area (Å²) in [5.74, 6) is 0.597. The Labute approximate surface area is 143 Å². The molecule has 1 radical (unpaired) electrons. The van der Waals surface area contributed by atoms with E-state index in [1.807, 2.05) is 64.1 Å². The number of hydroxylamine groups is 2. The highest BCUT2D eigenvalue weighted by atomic mass is 16.5. The Morgan fingerprint density at radius 3 is 2.29 bits per heavy atom. The molecule has 0 spiro atoms. The molecular weight excluding hydrogens is 302 g/mol. The predicted octanol–water partition coefficient (Wildman–Crippen LogP) is 4.40. The number of carbonyl (C=O) groups excluding carboxylic acids is 1. The van der Waals surface area contributed by atoms with Gasteiger partial charge in [-0.15, -0.1) is 10.3 Å². The Balaban J connectivity index is 1.94. The van der Waals surface area contributed by atoms with E-state index in [0.717, 1.165) is 17.1 Å². The molecule has 0 atom stereocenters. The van der Waals surface area contributed by atoms with Crippen LogP contribution in [-0.2, 0) is 5.21 Å². The maximum atomic E-state index is 12.5. The highest BCUT2D eigenvalue weighted by molar-refractivity contribution is 6.00. The minimum atomic E-state index is -0.495. The predicted molar refractivity (Wildman–Crippen MR) is 93.7 cm³/mol. The molecule has 24 heavy (non-hydrogen) atoms. The lowest BCUT2D eigenvalue weighted by Gasteiger charge is -2.49. The first-order valence-corrected chi connectivity index (χ1v) is 8.36. The fourth-order valence-electron chi connectivity index (χ4n) is 3.93. The van der Waals surface area contributed by atoms with Crippen LogP contribution in [0.5, 0.6) is 5.75 Å². The van der Waals surface area contributed by atoms with Crippen LogP contribution in [0.3, 0.4) is 0 Å². The molecule has 127 valence electrons. The van der Waals surface area contributed by atoms with Gasteiger partial charge in [-0.3, -0.25) is 4.79 Å². The van der Waals surface area contributed by atoms with Crippen molar-refractivity contribution >= 4 is 17.1 Å². The zero-order chi connectivity index (χ0) is 17.5. The van der Waals surface area contributed by atoms with Gasteiger partial charge in [0.25, 0.3) is 0 Å². The second-order valence-corrected chi connectivity index (χ2v) is 7.88. The van der Waals surface area contributed by atoms with Gasteiger partial charge in [-0.05, 0) is 44.5 Å². The average molecular weight is 326 g/mol. The van der Waals surface area contributed by atoms with E-state index in [1.54, 1.807) is 0 Å². The molecule has 1 aliphatic heterocycles. The first-order chi connectivity index (χ1) is 11.2. The fraction of sp³-hybridized carbons (Fsp3) is 0.450. The van der Waals surface area contributed by atoms with Gasteiger partial charge in [-0.25, -0.2) is 0 Å². The standard InChI is InChI=1S/C20H24NO3/c1-19(2)11-15(12-20(3,4)21(19)23)24-18-10-9-14-7-5-6-8-16(14)17(18)13-22/h5-10,13,15H,11-12H2,1-4H3. The van der Waals surface area contributed by atoms with E-state index >= 15 is 0 Å². The van der Waals surface area contributed by atoms with Crippen molar-refractivity contribution in [3.63, 3.8) is 0 Å². The van der Waals surface area contributed by atoms with Crippen LogP contribution in [0.1, 0.15) is 50.9 Å². The van der Waals surface area contributed by atoms with Crippen LogP contribution >= 0.6 is 0 Å². The van der Waals surface area contributed by atoms with Gasteiger partial charge in [0.1, 0.15) is 11.9 Å². The van der Waals surface area contributed by atoms with Crippen LogP contribution < -0.4 is 4.74 Å². The molecule has 0 saturated carbocycles. The zero-order valence-corrected chi connectivity index (χ0v) is 14.7. The van der Waals surface area contributed by atoms with Gasteiger partial charge in [0, 0.05) is 23.9 Å². The van der Waals surface area contributed by atoms with E-state index in [9.17, 15) is 10.0 Å². The van der Waals surface area contributed by atoms with Gasteiger partial charge in [0.05, 0.1) is 5.56 Å². The first-order valence-electron chi connectivity index (χ1n) is 8.36. The lowest BCUT2D eigenvalue weighted by molar-refractivity contribution is -0.296. The van der Waals surface area contributed by atoms with Crippen molar-refractivity contribution in [2.24, 2.45) is 0 Å². The largest absolute Gasteiger partial charge is 0.490 e. The molecule has 1 fully saturated rings. The molecule has 4 heteroatoms. The number of benzene rings is 2. The van der Waals surface area contributed by atoms with Crippen LogP contribution in [0.2, 0.25) is 0 Å². The first kappa shape index (κ1) is 16.9. The molecule has 2 aromatic carbocycles. The van der Waals surface area contributed by atoms with Gasteiger partial charge in [0.15, 0.2) is 6.29 Å². The SMILES string of the molecule is CC1(C)CC(Oc2ccc3ccccc3c2C=O)CC(C)(C)N1[O]. The van der Waals surface area contributed by atoms with Crippen molar-refractivity contribution in [2.45, 2.75) is 57.7 Å². The smallest absolute Gasteiger partial charge is 0.154 e. The molecule has 2 aromatic rings. The van der Waals surface area contributed by atoms with Gasteiger partial charge < -0.3 is 4.74 Å². The molecule has 0 bridgehead atoms. The number of ether oxygens (including phenoxy) is 1. The number of hydrogen-bond donors (Lipinski definition) is 0. The van der Waals surface area contributed by atoms with Crippen molar-refractivity contribution in [3.05, 3.63) is 42.0 Å². The van der Waals surface area contributed by atoms with Crippen LogP contribution in [0.4, 0.5) is 0 Å². The highest BCUT2D eigenvalue weighted by Crippen LogP contribution is 2.39. The Morgan fingerprint density at radius 2 is 1.67 bits per heavy atom. The third kappa shape index (κ3) is 2.92. The molecule has 0 amide bonds. The average Bonchev–Trinajstić information content (AvgIpc) is 2.52. The van der Waals surface area contributed by atoms with Crippen LogP contribution in [-0.4, -0.2) is 28.5 Å². The van der Waals surface area contributed by atoms with E-state index in [4.69, 9.17) is 4.74 Å². The summed E-state index contributed by atoms with van der Waals surface area (Å²) in [6.45, 7) is 7.77. The van der Waals surface area contributed by atoms with Gasteiger partial charge in [-0.2, -0.15) is 0 Å². The van der Waals surface area contributed by atoms with Gasteiger partial charge >= 0.3 is 0 Å². The lowest BCUT2D eigenvalue weighted by Crippen LogP contribution is -2.60. The number of piperidine rings is 1. The van der Waals surface area contributed by atoms with Gasteiger partial charge in [0.2, 0.25) is 0 Å². The number of nitrogens with zero attached hydrogens (tertiary/aromatic N) is 1. The molecule has 0 N–H and O–H groups in total. The third-order valence-electron chi connectivity index (χ3n) is 4.90. The Morgan fingerprint density at radius 1 is 1.04 bits per heavy atom. The Hall–Kier alpha value is -1.91. The topological polar surface area (TPSA) is 49.4 Å². The van der Waals surface area contributed by atoms with Crippen LogP contribution in [0.15, 0.2) is 36.4 Å². The summed E-state index contributed by atoms with van der Waals surface area (Å²) < 4.78 is 6.21. The second-order valence-electron chi connectivity index (χ2n) is 7.88. The lowest BCUT2D eigenvalue weighted by atomic mass is 9.80. The van der Waals surface area contributed by atoms with E-state index in [1.165, 1.54) is 5.06 Å². The fourth-order valence-corrected chi connectivity index (χ4v) is 3.93. The van der Waals surface area contributed by atoms with E-state index in [2.05, 4.69) is 0 Å². The van der Waals surface area contributed by atoms with Gasteiger partial charge in [-0.1, -0.05) is 30.3 Å². The molecule has 1 aliphatic rings. The minimum Gasteiger partial charge on any atom is -0.490 e. The molecule has 0 unspecified atom stereocenters. The van der Waals surface area contributed by atoms with Crippen LogP contribution in [0, 0.1) is 0 Å². The number of carbonyl (C=O) groups is 1. The quantitative estimate of drug-likeness (QED) is 0.786. The summed E-state index contributed by atoms with van der Waals surface area (Å²) in [5, 5.41) is 15.6. The van der Waals surface area contributed by atoms with E-state index in [-0.39, 0.29) is 6.10 Å². The summed E-state index contributed by atoms with van der Waals surface area (Å²) in [6.07, 6.45) is 2.02. The zero-order valence-electron chi connectivity index (χ0n) is 14.7. The molecule has 4 nitrogen and oxygen atoms in total. The minimum absolute atomic E-state index is 0.0972. The van der Waals surface area contributed by atoms with Crippen LogP contribution in [0.25, 0.3) is 10.8 Å². The molecule has 0 aromatic heterocycles. The summed E-state index contributed by atoms with van der Waals surface area (Å²) in [7, 11) is 0. The number of rotatable bonds is 3. The van der Waals surface area contributed by atoms with Crippen molar-refractivity contribution in [1.29, 1.82) is 0 Å². The maximum Gasteiger partial charge on any atom is 0.154 e. The van der Waals surface area contributed by atoms with Crippen molar-refractivity contribution in [1.82, 2.24) is 5.06 Å². The van der Waals surface area contributed by atoms with E-state index in [0.29, 0.717) is 24.2 Å². The van der Waals surface area contributed by atoms with Crippen molar-refractivity contribution < 1.29 is 14.7 Å². The molecule has 3 rings (SSSR count). The Bertz CT molecular complexity index is 749. The number of hydrogen-bond acceptors (Lipinski definition) is 3. The number of aldehydes is 1. The van der Waals surface area contributed by atoms with Crippen molar-refractivity contribution in [2.75, 3.05) is 0 Å². The highest BCUT2D eigenvalue weighted by Gasteiger charge is 2.47. The summed E-state index contributed by atoms with van der Waals surface area (Å²) in [5.41, 5.74) is -0.414. The third-order valence-corrected chi connectivity index (χ3v) is 4.90. The molecule has 1 heterocycles. The Kier molecular flexibility index (Phi) is 4.14. The molecule has 0 aliphatic carbocycles. The number of fused-ring (bicyclic) bond motifs is 1. The van der Waals surface area contributed by atoms with E-state index < -0.39 is 11.1 Å². The summed E-state index contributed by atoms with van der Waals surface area (Å²) in [6, 6.07) is 11.6. The monoisotopic (exact) mass is 326 g/mol. The summed E-state index contributed by atoms with van der Waals surface area (Å²) >= 11 is 0. The molecule has 1 saturated heterocycles. The molecular formula is C20H24NO3.